The number of nitrogens with one attached hydrogen (secondary N) is 1. The number of hydrogen-bond acceptors (Lipinski definition) is 2. The van der Waals surface area contributed by atoms with Gasteiger partial charge < -0.3 is 5.32 Å². The van der Waals surface area contributed by atoms with Crippen molar-refractivity contribution >= 4 is 38.9 Å². The molecule has 17 heavy (non-hydrogen) atoms. The van der Waals surface area contributed by atoms with Crippen LogP contribution < -0.4 is 5.32 Å². The summed E-state index contributed by atoms with van der Waals surface area (Å²) >= 11 is 5.04. The molecular weight excluding hydrogens is 298 g/mol. The minimum absolute atomic E-state index is 0.0111. The molecule has 1 amide bonds. The molecule has 0 aliphatic heterocycles. The Hall–Kier alpha value is -1.13. The lowest BCUT2D eigenvalue weighted by Crippen LogP contribution is -2.14. The van der Waals surface area contributed by atoms with E-state index in [1.807, 2.05) is 42.6 Å². The largest absolute Gasteiger partial charge is 0.325 e. The molecule has 0 unspecified atom stereocenters. The van der Waals surface area contributed by atoms with Crippen LogP contribution in [0.15, 0.2) is 40.2 Å². The summed E-state index contributed by atoms with van der Waals surface area (Å²) in [4.78, 5) is 12.9. The number of amides is 1. The van der Waals surface area contributed by atoms with Crippen molar-refractivity contribution in [2.75, 3.05) is 5.32 Å². The van der Waals surface area contributed by atoms with E-state index in [2.05, 4.69) is 21.2 Å². The zero-order chi connectivity index (χ0) is 12.3. The topological polar surface area (TPSA) is 29.1 Å². The Labute approximate surface area is 113 Å². The van der Waals surface area contributed by atoms with Crippen molar-refractivity contribution in [1.82, 2.24) is 0 Å². The molecule has 0 radical (unpaired) electrons. The minimum Gasteiger partial charge on any atom is -0.325 e. The summed E-state index contributed by atoms with van der Waals surface area (Å²) in [6.45, 7) is 2.02. The van der Waals surface area contributed by atoms with E-state index in [1.165, 1.54) is 0 Å². The predicted octanol–water partition coefficient (Wildman–Crippen LogP) is 4.00. The average molecular weight is 310 g/mol. The molecule has 4 heteroatoms. The molecule has 0 fully saturated rings. The summed E-state index contributed by atoms with van der Waals surface area (Å²) in [7, 11) is 0. The maximum Gasteiger partial charge on any atom is 0.229 e. The van der Waals surface area contributed by atoms with E-state index in [4.69, 9.17) is 0 Å². The van der Waals surface area contributed by atoms with Crippen LogP contribution in [-0.2, 0) is 11.2 Å². The number of halogens is 1. The predicted molar refractivity (Wildman–Crippen MR) is 75.5 cm³/mol. The van der Waals surface area contributed by atoms with Crippen LogP contribution in [-0.4, -0.2) is 5.91 Å². The van der Waals surface area contributed by atoms with Crippen molar-refractivity contribution in [3.8, 4) is 0 Å². The van der Waals surface area contributed by atoms with Gasteiger partial charge in [-0.3, -0.25) is 4.79 Å². The van der Waals surface area contributed by atoms with Gasteiger partial charge in [0.2, 0.25) is 5.91 Å². The monoisotopic (exact) mass is 309 g/mol. The second kappa shape index (κ2) is 5.47. The number of carbonyl (C=O) groups excluding carboxylic acids is 1. The van der Waals surface area contributed by atoms with E-state index in [0.717, 1.165) is 20.6 Å². The number of aryl methyl sites for hydroxylation is 1. The molecule has 0 aliphatic carbocycles. The highest BCUT2D eigenvalue weighted by Crippen LogP contribution is 2.23. The molecule has 2 rings (SSSR count). The molecule has 0 aliphatic rings. The van der Waals surface area contributed by atoms with Gasteiger partial charge in [-0.05, 0) is 52.0 Å². The van der Waals surface area contributed by atoms with Gasteiger partial charge in [0.15, 0.2) is 0 Å². The maximum absolute atomic E-state index is 11.8. The van der Waals surface area contributed by atoms with Crippen LogP contribution >= 0.6 is 27.3 Å². The van der Waals surface area contributed by atoms with E-state index >= 15 is 0 Å². The first-order chi connectivity index (χ1) is 8.15. The fraction of sp³-hybridized carbons (Fsp3) is 0.154. The molecule has 1 aromatic carbocycles. The van der Waals surface area contributed by atoms with Gasteiger partial charge in [-0.15, -0.1) is 11.3 Å². The van der Waals surface area contributed by atoms with E-state index < -0.39 is 0 Å². The Balaban J connectivity index is 2.03. The molecule has 0 spiro atoms. The van der Waals surface area contributed by atoms with Crippen LogP contribution in [0, 0.1) is 6.92 Å². The van der Waals surface area contributed by atoms with Gasteiger partial charge in [0, 0.05) is 9.35 Å². The van der Waals surface area contributed by atoms with E-state index in [-0.39, 0.29) is 5.91 Å². The highest BCUT2D eigenvalue weighted by atomic mass is 79.9. The lowest BCUT2D eigenvalue weighted by molar-refractivity contribution is -0.115. The molecule has 1 heterocycles. The third-order valence-electron chi connectivity index (χ3n) is 2.31. The fourth-order valence-corrected chi connectivity index (χ4v) is 2.78. The van der Waals surface area contributed by atoms with Crippen LogP contribution in [0.25, 0.3) is 0 Å². The third kappa shape index (κ3) is 3.41. The number of thiophene rings is 1. The van der Waals surface area contributed by atoms with Crippen LogP contribution in [0.1, 0.15) is 10.4 Å². The summed E-state index contributed by atoms with van der Waals surface area (Å²) < 4.78 is 0.914. The Morgan fingerprint density at radius 3 is 2.88 bits per heavy atom. The maximum atomic E-state index is 11.8. The number of rotatable bonds is 3. The number of anilines is 1. The molecular formula is C13H12BrNOS. The number of hydrogen-bond donors (Lipinski definition) is 1. The summed E-state index contributed by atoms with van der Waals surface area (Å²) in [5.41, 5.74) is 1.98. The van der Waals surface area contributed by atoms with Gasteiger partial charge in [0.25, 0.3) is 0 Å². The molecule has 0 atom stereocenters. The molecule has 1 aromatic heterocycles. The fourth-order valence-electron chi connectivity index (χ4n) is 1.49. The standard InChI is InChI=1S/C13H12BrNOS/c1-9-4-5-12(11(14)7-9)15-13(16)8-10-3-2-6-17-10/h2-7H,8H2,1H3,(H,15,16). The molecule has 0 saturated carbocycles. The summed E-state index contributed by atoms with van der Waals surface area (Å²) in [5.74, 6) is 0.0111. The van der Waals surface area contributed by atoms with Gasteiger partial charge in [-0.1, -0.05) is 12.1 Å². The Morgan fingerprint density at radius 2 is 2.24 bits per heavy atom. The minimum atomic E-state index is 0.0111. The van der Waals surface area contributed by atoms with Crippen LogP contribution in [0.2, 0.25) is 0 Å². The first-order valence-electron chi connectivity index (χ1n) is 5.23. The smallest absolute Gasteiger partial charge is 0.229 e. The van der Waals surface area contributed by atoms with Crippen molar-refractivity contribution in [2.45, 2.75) is 13.3 Å². The zero-order valence-electron chi connectivity index (χ0n) is 9.37. The van der Waals surface area contributed by atoms with Crippen LogP contribution in [0.5, 0.6) is 0 Å². The lowest BCUT2D eigenvalue weighted by Gasteiger charge is -2.07. The molecule has 0 saturated heterocycles. The molecule has 1 N–H and O–H groups in total. The lowest BCUT2D eigenvalue weighted by atomic mass is 10.2. The molecule has 0 bridgehead atoms. The molecule has 88 valence electrons. The first kappa shape index (κ1) is 12.3. The second-order valence-electron chi connectivity index (χ2n) is 3.79. The Morgan fingerprint density at radius 1 is 1.41 bits per heavy atom. The van der Waals surface area contributed by atoms with E-state index in [1.54, 1.807) is 11.3 Å². The summed E-state index contributed by atoms with van der Waals surface area (Å²) in [5, 5.41) is 4.87. The quantitative estimate of drug-likeness (QED) is 0.912. The van der Waals surface area contributed by atoms with Gasteiger partial charge >= 0.3 is 0 Å². The van der Waals surface area contributed by atoms with Crippen molar-refractivity contribution in [3.05, 3.63) is 50.6 Å². The van der Waals surface area contributed by atoms with Gasteiger partial charge in [-0.2, -0.15) is 0 Å². The second-order valence-corrected chi connectivity index (χ2v) is 5.67. The summed E-state index contributed by atoms with van der Waals surface area (Å²) in [6.07, 6.45) is 0.429. The highest BCUT2D eigenvalue weighted by Gasteiger charge is 2.07. The third-order valence-corrected chi connectivity index (χ3v) is 3.85. The summed E-state index contributed by atoms with van der Waals surface area (Å²) in [6, 6.07) is 9.79. The number of benzene rings is 1. The van der Waals surface area contributed by atoms with Crippen molar-refractivity contribution in [1.29, 1.82) is 0 Å². The molecule has 2 aromatic rings. The van der Waals surface area contributed by atoms with Crippen molar-refractivity contribution in [2.24, 2.45) is 0 Å². The zero-order valence-corrected chi connectivity index (χ0v) is 11.8. The van der Waals surface area contributed by atoms with Gasteiger partial charge in [0.1, 0.15) is 0 Å². The van der Waals surface area contributed by atoms with Crippen molar-refractivity contribution < 1.29 is 4.79 Å². The average Bonchev–Trinajstić information content (AvgIpc) is 2.75. The van der Waals surface area contributed by atoms with E-state index in [0.29, 0.717) is 6.42 Å². The van der Waals surface area contributed by atoms with Gasteiger partial charge in [0.05, 0.1) is 12.1 Å². The Kier molecular flexibility index (Phi) is 3.97. The Bertz CT molecular complexity index is 522. The van der Waals surface area contributed by atoms with Crippen LogP contribution in [0.4, 0.5) is 5.69 Å². The van der Waals surface area contributed by atoms with Gasteiger partial charge in [-0.25, -0.2) is 0 Å². The highest BCUT2D eigenvalue weighted by molar-refractivity contribution is 9.10. The molecule has 2 nitrogen and oxygen atoms in total. The van der Waals surface area contributed by atoms with E-state index in [9.17, 15) is 4.79 Å². The first-order valence-corrected chi connectivity index (χ1v) is 6.91. The normalized spacial score (nSPS) is 10.2. The number of carbonyl (C=O) groups is 1. The van der Waals surface area contributed by atoms with Crippen molar-refractivity contribution in [3.63, 3.8) is 0 Å². The SMILES string of the molecule is Cc1ccc(NC(=O)Cc2cccs2)c(Br)c1. The van der Waals surface area contributed by atoms with Crippen LogP contribution in [0.3, 0.4) is 0 Å².